The molecular formula is C13H26N2O3S. The molecule has 0 radical (unpaired) electrons. The molecule has 0 aromatic rings. The van der Waals surface area contributed by atoms with Gasteiger partial charge in [0, 0.05) is 25.2 Å². The number of amides is 1. The number of carbonyl (C=O) groups excluding carboxylic acids is 1. The van der Waals surface area contributed by atoms with Crippen molar-refractivity contribution in [2.24, 2.45) is 5.92 Å². The van der Waals surface area contributed by atoms with Crippen molar-refractivity contribution in [3.63, 3.8) is 0 Å². The average molecular weight is 290 g/mol. The van der Waals surface area contributed by atoms with Gasteiger partial charge in [0.05, 0.1) is 12.2 Å². The van der Waals surface area contributed by atoms with Crippen LogP contribution < -0.4 is 0 Å². The van der Waals surface area contributed by atoms with Gasteiger partial charge in [0.15, 0.2) is 0 Å². The SMILES string of the molecule is CC(C)N(C(=O)C1CCCN(S(C)(=O)=O)C1)C(C)C. The number of hydrogen-bond acceptors (Lipinski definition) is 3. The van der Waals surface area contributed by atoms with Gasteiger partial charge in [-0.3, -0.25) is 4.79 Å². The predicted octanol–water partition coefficient (Wildman–Crippen LogP) is 1.30. The van der Waals surface area contributed by atoms with E-state index in [9.17, 15) is 13.2 Å². The van der Waals surface area contributed by atoms with E-state index in [1.807, 2.05) is 32.6 Å². The van der Waals surface area contributed by atoms with Gasteiger partial charge in [-0.1, -0.05) is 0 Å². The number of sulfonamides is 1. The summed E-state index contributed by atoms with van der Waals surface area (Å²) < 4.78 is 24.6. The molecule has 0 spiro atoms. The lowest BCUT2D eigenvalue weighted by Gasteiger charge is -2.37. The quantitative estimate of drug-likeness (QED) is 0.784. The smallest absolute Gasteiger partial charge is 0.227 e. The highest BCUT2D eigenvalue weighted by molar-refractivity contribution is 7.88. The van der Waals surface area contributed by atoms with E-state index in [1.165, 1.54) is 10.6 Å². The van der Waals surface area contributed by atoms with E-state index in [2.05, 4.69) is 0 Å². The molecule has 0 aromatic heterocycles. The van der Waals surface area contributed by atoms with E-state index >= 15 is 0 Å². The van der Waals surface area contributed by atoms with Crippen molar-refractivity contribution in [2.45, 2.75) is 52.6 Å². The Kier molecular flexibility index (Phi) is 5.38. The van der Waals surface area contributed by atoms with Gasteiger partial charge in [0.1, 0.15) is 0 Å². The molecule has 0 saturated carbocycles. The van der Waals surface area contributed by atoms with Crippen molar-refractivity contribution in [1.29, 1.82) is 0 Å². The first-order chi connectivity index (χ1) is 8.64. The molecule has 1 aliphatic rings. The molecule has 6 heteroatoms. The van der Waals surface area contributed by atoms with E-state index in [-0.39, 0.29) is 23.9 Å². The van der Waals surface area contributed by atoms with Crippen LogP contribution in [0.3, 0.4) is 0 Å². The Morgan fingerprint density at radius 3 is 2.16 bits per heavy atom. The highest BCUT2D eigenvalue weighted by Gasteiger charge is 2.34. The van der Waals surface area contributed by atoms with Crippen molar-refractivity contribution >= 4 is 15.9 Å². The molecule has 1 amide bonds. The van der Waals surface area contributed by atoms with Crippen LogP contribution in [0.15, 0.2) is 0 Å². The van der Waals surface area contributed by atoms with Crippen LogP contribution in [0.25, 0.3) is 0 Å². The summed E-state index contributed by atoms with van der Waals surface area (Å²) in [5, 5.41) is 0. The van der Waals surface area contributed by atoms with Crippen LogP contribution in [-0.4, -0.2) is 55.0 Å². The van der Waals surface area contributed by atoms with Gasteiger partial charge in [-0.05, 0) is 40.5 Å². The van der Waals surface area contributed by atoms with E-state index in [4.69, 9.17) is 0 Å². The number of hydrogen-bond donors (Lipinski definition) is 0. The molecule has 1 fully saturated rings. The zero-order chi connectivity index (χ0) is 14.8. The summed E-state index contributed by atoms with van der Waals surface area (Å²) in [6, 6.07) is 0.280. The van der Waals surface area contributed by atoms with Crippen LogP contribution in [0.5, 0.6) is 0 Å². The molecule has 1 rings (SSSR count). The molecule has 1 heterocycles. The lowest BCUT2D eigenvalue weighted by Crippen LogP contribution is -2.50. The first-order valence-electron chi connectivity index (χ1n) is 6.92. The van der Waals surface area contributed by atoms with Crippen LogP contribution in [0.4, 0.5) is 0 Å². The molecule has 5 nitrogen and oxygen atoms in total. The number of piperidine rings is 1. The molecule has 112 valence electrons. The highest BCUT2D eigenvalue weighted by atomic mass is 32.2. The number of rotatable bonds is 4. The minimum atomic E-state index is -3.20. The zero-order valence-corrected chi connectivity index (χ0v) is 13.4. The van der Waals surface area contributed by atoms with Gasteiger partial charge in [-0.15, -0.1) is 0 Å². The van der Waals surface area contributed by atoms with Crippen LogP contribution >= 0.6 is 0 Å². The second-order valence-electron chi connectivity index (χ2n) is 5.89. The molecule has 0 N–H and O–H groups in total. The van der Waals surface area contributed by atoms with E-state index in [1.54, 1.807) is 0 Å². The number of nitrogens with zero attached hydrogens (tertiary/aromatic N) is 2. The normalized spacial score (nSPS) is 21.9. The summed E-state index contributed by atoms with van der Waals surface area (Å²) in [4.78, 5) is 14.4. The molecule has 19 heavy (non-hydrogen) atoms. The number of carbonyl (C=O) groups is 1. The topological polar surface area (TPSA) is 57.7 Å². The monoisotopic (exact) mass is 290 g/mol. The highest BCUT2D eigenvalue weighted by Crippen LogP contribution is 2.22. The van der Waals surface area contributed by atoms with Crippen molar-refractivity contribution in [3.05, 3.63) is 0 Å². The molecule has 0 aromatic carbocycles. The predicted molar refractivity (Wildman–Crippen MR) is 76.3 cm³/mol. The third kappa shape index (κ3) is 4.18. The fourth-order valence-electron chi connectivity index (χ4n) is 2.76. The minimum absolute atomic E-state index is 0.0818. The van der Waals surface area contributed by atoms with Crippen molar-refractivity contribution in [3.8, 4) is 0 Å². The van der Waals surface area contributed by atoms with Crippen molar-refractivity contribution in [2.75, 3.05) is 19.3 Å². The molecule has 0 bridgehead atoms. The minimum Gasteiger partial charge on any atom is -0.338 e. The largest absolute Gasteiger partial charge is 0.338 e. The van der Waals surface area contributed by atoms with Crippen molar-refractivity contribution < 1.29 is 13.2 Å². The van der Waals surface area contributed by atoms with Gasteiger partial charge < -0.3 is 4.90 Å². The van der Waals surface area contributed by atoms with Gasteiger partial charge >= 0.3 is 0 Å². The van der Waals surface area contributed by atoms with E-state index in [0.717, 1.165) is 12.8 Å². The Hall–Kier alpha value is -0.620. The third-order valence-electron chi connectivity index (χ3n) is 3.57. The lowest BCUT2D eigenvalue weighted by atomic mass is 9.97. The van der Waals surface area contributed by atoms with E-state index in [0.29, 0.717) is 13.1 Å². The van der Waals surface area contributed by atoms with Gasteiger partial charge in [0.2, 0.25) is 15.9 Å². The maximum absolute atomic E-state index is 12.6. The summed E-state index contributed by atoms with van der Waals surface area (Å²) in [7, 11) is -3.20. The fraction of sp³-hybridized carbons (Fsp3) is 0.923. The van der Waals surface area contributed by atoms with Crippen LogP contribution in [0.2, 0.25) is 0 Å². The second-order valence-corrected chi connectivity index (χ2v) is 7.88. The van der Waals surface area contributed by atoms with Gasteiger partial charge in [0.25, 0.3) is 0 Å². The molecule has 1 saturated heterocycles. The fourth-order valence-corrected chi connectivity index (χ4v) is 3.67. The van der Waals surface area contributed by atoms with Gasteiger partial charge in [-0.2, -0.15) is 0 Å². The summed E-state index contributed by atoms with van der Waals surface area (Å²) in [5.41, 5.74) is 0. The molecule has 1 aliphatic heterocycles. The Morgan fingerprint density at radius 1 is 1.21 bits per heavy atom. The third-order valence-corrected chi connectivity index (χ3v) is 4.84. The lowest BCUT2D eigenvalue weighted by molar-refractivity contribution is -0.140. The first kappa shape index (κ1) is 16.4. The maximum Gasteiger partial charge on any atom is 0.227 e. The Labute approximate surface area is 117 Å². The molecule has 1 atom stereocenters. The Morgan fingerprint density at radius 2 is 1.74 bits per heavy atom. The summed E-state index contributed by atoms with van der Waals surface area (Å²) in [6.07, 6.45) is 2.75. The molecular weight excluding hydrogens is 264 g/mol. The average Bonchev–Trinajstić information content (AvgIpc) is 2.27. The van der Waals surface area contributed by atoms with E-state index < -0.39 is 10.0 Å². The van der Waals surface area contributed by atoms with Gasteiger partial charge in [-0.25, -0.2) is 12.7 Å². The first-order valence-corrected chi connectivity index (χ1v) is 8.76. The second kappa shape index (κ2) is 6.22. The summed E-state index contributed by atoms with van der Waals surface area (Å²) in [5.74, 6) is -0.119. The zero-order valence-electron chi connectivity index (χ0n) is 12.6. The Balaban J connectivity index is 2.82. The van der Waals surface area contributed by atoms with Crippen LogP contribution in [-0.2, 0) is 14.8 Å². The van der Waals surface area contributed by atoms with Crippen LogP contribution in [0.1, 0.15) is 40.5 Å². The van der Waals surface area contributed by atoms with Crippen LogP contribution in [0, 0.1) is 5.92 Å². The standard InChI is InChI=1S/C13H26N2O3S/c1-10(2)15(11(3)4)13(16)12-7-6-8-14(9-12)19(5,17)18/h10-12H,6-9H2,1-5H3. The molecule has 1 unspecified atom stereocenters. The molecule has 0 aliphatic carbocycles. The summed E-state index contributed by atoms with van der Waals surface area (Å²) >= 11 is 0. The van der Waals surface area contributed by atoms with Crippen molar-refractivity contribution in [1.82, 2.24) is 9.21 Å². The maximum atomic E-state index is 12.6. The Bertz CT molecular complexity index is 410. The summed E-state index contributed by atoms with van der Waals surface area (Å²) in [6.45, 7) is 8.84.